The fourth-order valence-electron chi connectivity index (χ4n) is 1.44. The van der Waals surface area contributed by atoms with E-state index in [0.29, 0.717) is 25.7 Å². The molecule has 1 aliphatic rings. The molecular formula is C9H17NO3. The quantitative estimate of drug-likeness (QED) is 0.657. The van der Waals surface area contributed by atoms with Crippen LogP contribution in [0.3, 0.4) is 0 Å². The lowest BCUT2D eigenvalue weighted by Gasteiger charge is -2.24. The number of hydrogen-bond donors (Lipinski definition) is 0. The molecule has 76 valence electrons. The fourth-order valence-corrected chi connectivity index (χ4v) is 1.44. The van der Waals surface area contributed by atoms with E-state index in [2.05, 4.69) is 0 Å². The van der Waals surface area contributed by atoms with Crippen LogP contribution in [0.1, 0.15) is 20.8 Å². The third-order valence-corrected chi connectivity index (χ3v) is 2.00. The van der Waals surface area contributed by atoms with Crippen LogP contribution in [0.5, 0.6) is 0 Å². The second kappa shape index (κ2) is 4.46. The van der Waals surface area contributed by atoms with Crippen molar-refractivity contribution in [2.45, 2.75) is 27.0 Å². The minimum atomic E-state index is -0.265. The molecule has 1 saturated heterocycles. The summed E-state index contributed by atoms with van der Waals surface area (Å²) in [5.41, 5.74) is 0. The summed E-state index contributed by atoms with van der Waals surface area (Å²) in [4.78, 5) is 13.0. The summed E-state index contributed by atoms with van der Waals surface area (Å²) < 4.78 is 10.3. The number of carbonyl (C=O) groups is 1. The van der Waals surface area contributed by atoms with Gasteiger partial charge in [-0.1, -0.05) is 13.8 Å². The summed E-state index contributed by atoms with van der Waals surface area (Å²) >= 11 is 0. The summed E-state index contributed by atoms with van der Waals surface area (Å²) in [6, 6.07) is 0. The molecule has 0 saturated carbocycles. The van der Waals surface area contributed by atoms with E-state index in [4.69, 9.17) is 9.47 Å². The van der Waals surface area contributed by atoms with Crippen LogP contribution in [0.4, 0.5) is 4.79 Å². The highest BCUT2D eigenvalue weighted by molar-refractivity contribution is 5.68. The van der Waals surface area contributed by atoms with Crippen LogP contribution in [-0.4, -0.2) is 37.0 Å². The molecule has 1 fully saturated rings. The predicted octanol–water partition coefficient (Wildman–Crippen LogP) is 1.46. The molecule has 0 radical (unpaired) electrons. The molecule has 1 amide bonds. The minimum absolute atomic E-state index is 0.112. The van der Waals surface area contributed by atoms with Crippen LogP contribution >= 0.6 is 0 Å². The minimum Gasteiger partial charge on any atom is -0.450 e. The Morgan fingerprint density at radius 3 is 2.92 bits per heavy atom. The van der Waals surface area contributed by atoms with Crippen LogP contribution in [0.15, 0.2) is 0 Å². The maximum absolute atomic E-state index is 11.4. The lowest BCUT2D eigenvalue weighted by Crippen LogP contribution is -2.39. The van der Waals surface area contributed by atoms with E-state index in [-0.39, 0.29) is 12.3 Å². The monoisotopic (exact) mass is 187 g/mol. The molecule has 4 heteroatoms. The summed E-state index contributed by atoms with van der Waals surface area (Å²) in [6.45, 7) is 7.53. The Morgan fingerprint density at radius 1 is 1.69 bits per heavy atom. The van der Waals surface area contributed by atoms with E-state index in [0.717, 1.165) is 0 Å². The highest BCUT2D eigenvalue weighted by atomic mass is 16.6. The van der Waals surface area contributed by atoms with E-state index >= 15 is 0 Å². The highest BCUT2D eigenvalue weighted by Gasteiger charge is 2.32. The number of ether oxygens (including phenoxy) is 2. The van der Waals surface area contributed by atoms with Gasteiger partial charge in [0, 0.05) is 0 Å². The first kappa shape index (κ1) is 10.3. The molecule has 0 N–H and O–H groups in total. The SMILES string of the molecule is CCOC(=O)N1CCOC1C(C)C. The molecule has 1 unspecified atom stereocenters. The average Bonchev–Trinajstić information content (AvgIpc) is 2.52. The van der Waals surface area contributed by atoms with Crippen molar-refractivity contribution in [1.29, 1.82) is 0 Å². The van der Waals surface area contributed by atoms with Crippen molar-refractivity contribution in [3.63, 3.8) is 0 Å². The normalized spacial score (nSPS) is 22.5. The van der Waals surface area contributed by atoms with Gasteiger partial charge in [-0.2, -0.15) is 0 Å². The molecule has 0 spiro atoms. The maximum atomic E-state index is 11.4. The first-order valence-electron chi connectivity index (χ1n) is 4.71. The zero-order valence-electron chi connectivity index (χ0n) is 8.45. The second-order valence-electron chi connectivity index (χ2n) is 3.40. The van der Waals surface area contributed by atoms with Gasteiger partial charge in [0.2, 0.25) is 0 Å². The second-order valence-corrected chi connectivity index (χ2v) is 3.40. The Kier molecular flexibility index (Phi) is 3.54. The third-order valence-electron chi connectivity index (χ3n) is 2.00. The number of hydrogen-bond acceptors (Lipinski definition) is 3. The van der Waals surface area contributed by atoms with E-state index in [9.17, 15) is 4.79 Å². The zero-order chi connectivity index (χ0) is 9.84. The molecule has 0 aromatic rings. The van der Waals surface area contributed by atoms with Gasteiger partial charge >= 0.3 is 6.09 Å². The van der Waals surface area contributed by atoms with Gasteiger partial charge in [0.15, 0.2) is 0 Å². The zero-order valence-corrected chi connectivity index (χ0v) is 8.45. The van der Waals surface area contributed by atoms with E-state index in [1.807, 2.05) is 13.8 Å². The largest absolute Gasteiger partial charge is 0.450 e. The van der Waals surface area contributed by atoms with Gasteiger partial charge in [0.05, 0.1) is 19.8 Å². The molecule has 1 rings (SSSR count). The molecule has 0 aliphatic carbocycles. The maximum Gasteiger partial charge on any atom is 0.411 e. The van der Waals surface area contributed by atoms with Crippen molar-refractivity contribution >= 4 is 6.09 Å². The van der Waals surface area contributed by atoms with Crippen LogP contribution in [-0.2, 0) is 9.47 Å². The molecule has 4 nitrogen and oxygen atoms in total. The van der Waals surface area contributed by atoms with Gasteiger partial charge in [-0.25, -0.2) is 4.79 Å². The molecule has 0 aromatic heterocycles. The van der Waals surface area contributed by atoms with Crippen LogP contribution < -0.4 is 0 Å². The Balaban J connectivity index is 2.52. The van der Waals surface area contributed by atoms with Crippen LogP contribution in [0, 0.1) is 5.92 Å². The number of rotatable bonds is 2. The van der Waals surface area contributed by atoms with Gasteiger partial charge in [0.1, 0.15) is 6.23 Å². The Bertz CT molecular complexity index is 182. The molecule has 1 aliphatic heterocycles. The summed E-state index contributed by atoms with van der Waals surface area (Å²) in [5.74, 6) is 0.312. The van der Waals surface area contributed by atoms with E-state index < -0.39 is 0 Å². The molecule has 1 atom stereocenters. The van der Waals surface area contributed by atoms with Gasteiger partial charge < -0.3 is 9.47 Å². The first-order chi connectivity index (χ1) is 6.16. The topological polar surface area (TPSA) is 38.8 Å². The number of amides is 1. The van der Waals surface area contributed by atoms with E-state index in [1.165, 1.54) is 0 Å². The molecular weight excluding hydrogens is 170 g/mol. The predicted molar refractivity (Wildman–Crippen MR) is 48.3 cm³/mol. The Morgan fingerprint density at radius 2 is 2.38 bits per heavy atom. The van der Waals surface area contributed by atoms with Gasteiger partial charge in [0.25, 0.3) is 0 Å². The summed E-state index contributed by atoms with van der Waals surface area (Å²) in [6.07, 6.45) is -0.377. The van der Waals surface area contributed by atoms with Crippen molar-refractivity contribution in [3.05, 3.63) is 0 Å². The van der Waals surface area contributed by atoms with Gasteiger partial charge in [-0.15, -0.1) is 0 Å². The molecule has 1 heterocycles. The lowest BCUT2D eigenvalue weighted by atomic mass is 10.2. The highest BCUT2D eigenvalue weighted by Crippen LogP contribution is 2.18. The van der Waals surface area contributed by atoms with Gasteiger partial charge in [-0.3, -0.25) is 4.90 Å². The number of carbonyl (C=O) groups excluding carboxylic acids is 1. The lowest BCUT2D eigenvalue weighted by molar-refractivity contribution is -0.00280. The van der Waals surface area contributed by atoms with Crippen molar-refractivity contribution in [2.75, 3.05) is 19.8 Å². The van der Waals surface area contributed by atoms with Crippen molar-refractivity contribution in [3.8, 4) is 0 Å². The van der Waals surface area contributed by atoms with Crippen LogP contribution in [0.2, 0.25) is 0 Å². The Labute approximate surface area is 78.8 Å². The Hall–Kier alpha value is -0.770. The van der Waals surface area contributed by atoms with Crippen molar-refractivity contribution < 1.29 is 14.3 Å². The average molecular weight is 187 g/mol. The van der Waals surface area contributed by atoms with Crippen molar-refractivity contribution in [2.24, 2.45) is 5.92 Å². The van der Waals surface area contributed by atoms with Gasteiger partial charge in [-0.05, 0) is 12.8 Å². The number of nitrogens with zero attached hydrogens (tertiary/aromatic N) is 1. The molecule has 0 aromatic carbocycles. The summed E-state index contributed by atoms with van der Waals surface area (Å²) in [5, 5.41) is 0. The van der Waals surface area contributed by atoms with Crippen molar-refractivity contribution in [1.82, 2.24) is 4.90 Å². The van der Waals surface area contributed by atoms with E-state index in [1.54, 1.807) is 11.8 Å². The fraction of sp³-hybridized carbons (Fsp3) is 0.889. The smallest absolute Gasteiger partial charge is 0.411 e. The third kappa shape index (κ3) is 2.34. The first-order valence-corrected chi connectivity index (χ1v) is 4.71. The van der Waals surface area contributed by atoms with Crippen LogP contribution in [0.25, 0.3) is 0 Å². The standard InChI is InChI=1S/C9H17NO3/c1-4-12-9(11)10-5-6-13-8(10)7(2)3/h7-8H,4-6H2,1-3H3. The molecule has 13 heavy (non-hydrogen) atoms. The molecule has 0 bridgehead atoms. The summed E-state index contributed by atoms with van der Waals surface area (Å²) in [7, 11) is 0.